The van der Waals surface area contributed by atoms with Gasteiger partial charge < -0.3 is 18.0 Å². The largest absolute Gasteiger partial charge is 0.395 e. The molecule has 0 saturated heterocycles. The summed E-state index contributed by atoms with van der Waals surface area (Å²) in [5.74, 6) is 0. The van der Waals surface area contributed by atoms with Crippen LogP contribution in [0.1, 0.15) is 0 Å². The average molecular weight is 325 g/mol. The molecule has 21 heavy (non-hydrogen) atoms. The van der Waals surface area contributed by atoms with Crippen molar-refractivity contribution < 1.29 is 8.85 Å². The fourth-order valence-electron chi connectivity index (χ4n) is 2.48. The Morgan fingerprint density at radius 1 is 0.857 bits per heavy atom. The SMILES string of the molecule is CO[Si](C)(C=C[Si](c1ccccc1)(N(C)C)N(C)C)OC. The second kappa shape index (κ2) is 7.48. The monoisotopic (exact) mass is 324 g/mol. The Balaban J connectivity index is 3.36. The number of hydrogen-bond acceptors (Lipinski definition) is 4. The van der Waals surface area contributed by atoms with Gasteiger partial charge in [0.25, 0.3) is 8.40 Å². The molecule has 0 amide bonds. The molecule has 1 rings (SSSR count). The van der Waals surface area contributed by atoms with Crippen LogP contribution in [0, 0.1) is 0 Å². The molecule has 0 bridgehead atoms. The Kier molecular flexibility index (Phi) is 6.51. The van der Waals surface area contributed by atoms with Gasteiger partial charge in [-0.3, -0.25) is 0 Å². The number of rotatable bonds is 7. The van der Waals surface area contributed by atoms with Gasteiger partial charge in [-0.05, 0) is 45.6 Å². The topological polar surface area (TPSA) is 24.9 Å². The Bertz CT molecular complexity index is 452. The van der Waals surface area contributed by atoms with Crippen molar-refractivity contribution in [1.82, 2.24) is 9.13 Å². The lowest BCUT2D eigenvalue weighted by molar-refractivity contribution is 0.264. The van der Waals surface area contributed by atoms with Crippen LogP contribution in [0.25, 0.3) is 0 Å². The van der Waals surface area contributed by atoms with Crippen molar-refractivity contribution in [3.63, 3.8) is 0 Å². The van der Waals surface area contributed by atoms with Crippen molar-refractivity contribution in [3.05, 3.63) is 41.7 Å². The molecular formula is C15H28N2O2Si2. The van der Waals surface area contributed by atoms with Crippen LogP contribution < -0.4 is 5.19 Å². The summed E-state index contributed by atoms with van der Waals surface area (Å²) >= 11 is 0. The molecule has 0 unspecified atom stereocenters. The standard InChI is InChI=1S/C15H28N2O2Si2/c1-16(2)21(17(3)4,15-11-9-8-10-12-15)14-13-20(7,18-5)19-6/h8-14H,1-7H3. The summed E-state index contributed by atoms with van der Waals surface area (Å²) in [6, 6.07) is 10.7. The quantitative estimate of drug-likeness (QED) is 0.709. The molecule has 0 aliphatic carbocycles. The van der Waals surface area contributed by atoms with E-state index in [2.05, 4.69) is 85.6 Å². The maximum Gasteiger partial charge on any atom is 0.360 e. The van der Waals surface area contributed by atoms with Gasteiger partial charge in [0.05, 0.1) is 0 Å². The van der Waals surface area contributed by atoms with E-state index >= 15 is 0 Å². The molecule has 0 saturated carbocycles. The van der Waals surface area contributed by atoms with Crippen LogP contribution in [-0.4, -0.2) is 68.5 Å². The zero-order chi connectivity index (χ0) is 16.1. The Labute approximate surface area is 131 Å². The smallest absolute Gasteiger partial charge is 0.360 e. The van der Waals surface area contributed by atoms with Crippen molar-refractivity contribution in [3.8, 4) is 0 Å². The van der Waals surface area contributed by atoms with Gasteiger partial charge in [0.2, 0.25) is 0 Å². The van der Waals surface area contributed by atoms with Crippen LogP contribution in [0.15, 0.2) is 41.7 Å². The molecule has 6 heteroatoms. The highest BCUT2D eigenvalue weighted by Crippen LogP contribution is 2.15. The summed E-state index contributed by atoms with van der Waals surface area (Å²) in [6.45, 7) is 2.05. The number of benzene rings is 1. The van der Waals surface area contributed by atoms with Crippen LogP contribution in [0.4, 0.5) is 0 Å². The molecule has 1 aromatic rings. The Morgan fingerprint density at radius 3 is 1.71 bits per heavy atom. The molecule has 0 aliphatic rings. The van der Waals surface area contributed by atoms with Crippen molar-refractivity contribution >= 4 is 22.1 Å². The van der Waals surface area contributed by atoms with Gasteiger partial charge in [-0.1, -0.05) is 36.0 Å². The number of hydrogen-bond donors (Lipinski definition) is 0. The normalized spacial score (nSPS) is 13.6. The van der Waals surface area contributed by atoms with Crippen LogP contribution >= 0.6 is 0 Å². The Morgan fingerprint density at radius 2 is 1.33 bits per heavy atom. The van der Waals surface area contributed by atoms with Crippen molar-refractivity contribution in [1.29, 1.82) is 0 Å². The molecule has 4 nitrogen and oxygen atoms in total. The molecule has 0 radical (unpaired) electrons. The van der Waals surface area contributed by atoms with Gasteiger partial charge in [-0.15, -0.1) is 0 Å². The first-order valence-electron chi connectivity index (χ1n) is 7.03. The Hall–Kier alpha value is -0.766. The summed E-state index contributed by atoms with van der Waals surface area (Å²) in [5, 5.41) is 1.35. The van der Waals surface area contributed by atoms with Gasteiger partial charge in [0.15, 0.2) is 0 Å². The zero-order valence-electron chi connectivity index (χ0n) is 14.3. The zero-order valence-corrected chi connectivity index (χ0v) is 16.3. The third kappa shape index (κ3) is 3.91. The van der Waals surface area contributed by atoms with Crippen molar-refractivity contribution in [2.24, 2.45) is 0 Å². The molecule has 0 spiro atoms. The van der Waals surface area contributed by atoms with E-state index in [1.807, 2.05) is 0 Å². The summed E-state index contributed by atoms with van der Waals surface area (Å²) in [6.07, 6.45) is 0. The third-order valence-electron chi connectivity index (χ3n) is 3.99. The first-order valence-corrected chi connectivity index (χ1v) is 11.4. The van der Waals surface area contributed by atoms with Crippen LogP contribution in [0.2, 0.25) is 6.55 Å². The summed E-state index contributed by atoms with van der Waals surface area (Å²) in [7, 11) is 7.66. The minimum absolute atomic E-state index is 1.35. The van der Waals surface area contributed by atoms with Crippen LogP contribution in [-0.2, 0) is 8.85 Å². The van der Waals surface area contributed by atoms with E-state index in [4.69, 9.17) is 8.85 Å². The second-order valence-corrected chi connectivity index (χ2v) is 13.0. The minimum atomic E-state index is -2.23. The summed E-state index contributed by atoms with van der Waals surface area (Å²) < 4.78 is 15.9. The highest BCUT2D eigenvalue weighted by molar-refractivity contribution is 6.92. The molecule has 0 fully saturated rings. The van der Waals surface area contributed by atoms with E-state index < -0.39 is 17.0 Å². The summed E-state index contributed by atoms with van der Waals surface area (Å²) in [5.41, 5.74) is 4.48. The average Bonchev–Trinajstić information content (AvgIpc) is 2.48. The van der Waals surface area contributed by atoms with E-state index in [9.17, 15) is 0 Å². The van der Waals surface area contributed by atoms with Gasteiger partial charge >= 0.3 is 8.56 Å². The summed E-state index contributed by atoms with van der Waals surface area (Å²) in [4.78, 5) is 0. The van der Waals surface area contributed by atoms with E-state index in [0.29, 0.717) is 0 Å². The highest BCUT2D eigenvalue weighted by atomic mass is 28.4. The van der Waals surface area contributed by atoms with E-state index in [1.165, 1.54) is 5.19 Å². The maximum absolute atomic E-state index is 5.59. The second-order valence-electron chi connectivity index (χ2n) is 5.64. The lowest BCUT2D eigenvalue weighted by atomic mass is 10.4. The van der Waals surface area contributed by atoms with Gasteiger partial charge in [0.1, 0.15) is 0 Å². The molecule has 0 atom stereocenters. The van der Waals surface area contributed by atoms with Crippen LogP contribution in [0.3, 0.4) is 0 Å². The first kappa shape index (κ1) is 18.3. The van der Waals surface area contributed by atoms with Crippen molar-refractivity contribution in [2.75, 3.05) is 42.4 Å². The van der Waals surface area contributed by atoms with E-state index in [1.54, 1.807) is 14.2 Å². The maximum atomic E-state index is 5.59. The van der Waals surface area contributed by atoms with E-state index in [0.717, 1.165) is 0 Å². The molecular weight excluding hydrogens is 296 g/mol. The first-order chi connectivity index (χ1) is 9.82. The molecule has 0 N–H and O–H groups in total. The predicted molar refractivity (Wildman–Crippen MR) is 94.0 cm³/mol. The lowest BCUT2D eigenvalue weighted by Crippen LogP contribution is -2.68. The lowest BCUT2D eigenvalue weighted by Gasteiger charge is -2.41. The molecule has 0 aliphatic heterocycles. The molecule has 118 valence electrons. The molecule has 1 aromatic carbocycles. The predicted octanol–water partition coefficient (Wildman–Crippen LogP) is 1.46. The van der Waals surface area contributed by atoms with Gasteiger partial charge in [-0.25, -0.2) is 0 Å². The molecule has 0 aromatic heterocycles. The van der Waals surface area contributed by atoms with E-state index in [-0.39, 0.29) is 0 Å². The minimum Gasteiger partial charge on any atom is -0.395 e. The fraction of sp³-hybridized carbons (Fsp3) is 0.467. The number of nitrogens with zero attached hydrogens (tertiary/aromatic N) is 2. The highest BCUT2D eigenvalue weighted by Gasteiger charge is 2.40. The van der Waals surface area contributed by atoms with Crippen LogP contribution in [0.5, 0.6) is 0 Å². The van der Waals surface area contributed by atoms with Crippen molar-refractivity contribution in [2.45, 2.75) is 6.55 Å². The van der Waals surface area contributed by atoms with Gasteiger partial charge in [-0.2, -0.15) is 0 Å². The third-order valence-corrected chi connectivity index (χ3v) is 11.3. The fourth-order valence-corrected chi connectivity index (χ4v) is 8.37. The molecule has 0 heterocycles. The van der Waals surface area contributed by atoms with Gasteiger partial charge in [0, 0.05) is 14.2 Å².